The lowest BCUT2D eigenvalue weighted by molar-refractivity contribution is -0.117. The minimum Gasteiger partial charge on any atom is -0.497 e. The molecule has 1 aromatic heterocycles. The van der Waals surface area contributed by atoms with Crippen LogP contribution in [0, 0.1) is 0 Å². The van der Waals surface area contributed by atoms with Crippen molar-refractivity contribution in [3.05, 3.63) is 34.3 Å². The SMILES string of the molecule is COc1ccc(NC(=O)CN2CCN(Cc3nc(C(C)(C)C)cs3)CC2)c(OC)c1. The summed E-state index contributed by atoms with van der Waals surface area (Å²) in [4.78, 5) is 21.9. The molecule has 7 nitrogen and oxygen atoms in total. The summed E-state index contributed by atoms with van der Waals surface area (Å²) in [5, 5.41) is 6.28. The number of nitrogens with one attached hydrogen (secondary N) is 1. The van der Waals surface area contributed by atoms with Crippen LogP contribution in [0.5, 0.6) is 11.5 Å². The topological polar surface area (TPSA) is 66.9 Å². The van der Waals surface area contributed by atoms with Crippen LogP contribution < -0.4 is 14.8 Å². The standard InChI is InChI=1S/C22H32N4O3S/c1-22(2,3)19-15-30-21(24-19)14-26-10-8-25(9-11-26)13-20(27)23-17-7-6-16(28-4)12-18(17)29-5/h6-7,12,15H,8-11,13-14H2,1-5H3,(H,23,27). The van der Waals surface area contributed by atoms with Gasteiger partial charge in [0.1, 0.15) is 16.5 Å². The fourth-order valence-electron chi connectivity index (χ4n) is 3.32. The minimum absolute atomic E-state index is 0.0401. The number of thiazole rings is 1. The maximum absolute atomic E-state index is 12.5. The normalized spacial score (nSPS) is 15.8. The van der Waals surface area contributed by atoms with Gasteiger partial charge in [0.25, 0.3) is 0 Å². The fraction of sp³-hybridized carbons (Fsp3) is 0.545. The molecule has 1 saturated heterocycles. The summed E-state index contributed by atoms with van der Waals surface area (Å²) >= 11 is 1.74. The fourth-order valence-corrected chi connectivity index (χ4v) is 4.38. The zero-order valence-electron chi connectivity index (χ0n) is 18.5. The Morgan fingerprint density at radius 2 is 1.83 bits per heavy atom. The molecule has 0 bridgehead atoms. The number of methoxy groups -OCH3 is 2. The third kappa shape index (κ3) is 5.93. The monoisotopic (exact) mass is 432 g/mol. The van der Waals surface area contributed by atoms with Crippen molar-refractivity contribution >= 4 is 22.9 Å². The first-order chi connectivity index (χ1) is 14.3. The van der Waals surface area contributed by atoms with Crippen molar-refractivity contribution in [2.45, 2.75) is 32.7 Å². The first kappa shape index (κ1) is 22.5. The first-order valence-corrected chi connectivity index (χ1v) is 11.1. The van der Waals surface area contributed by atoms with Crippen LogP contribution in [0.3, 0.4) is 0 Å². The number of hydrogen-bond acceptors (Lipinski definition) is 7. The summed E-state index contributed by atoms with van der Waals surface area (Å²) in [5.74, 6) is 1.24. The molecule has 1 aromatic carbocycles. The van der Waals surface area contributed by atoms with E-state index in [9.17, 15) is 4.79 Å². The van der Waals surface area contributed by atoms with E-state index < -0.39 is 0 Å². The smallest absolute Gasteiger partial charge is 0.238 e. The molecule has 0 unspecified atom stereocenters. The van der Waals surface area contributed by atoms with Crippen LogP contribution >= 0.6 is 11.3 Å². The molecule has 0 radical (unpaired) electrons. The molecule has 0 spiro atoms. The molecule has 1 fully saturated rings. The van der Waals surface area contributed by atoms with E-state index in [1.807, 2.05) is 0 Å². The van der Waals surface area contributed by atoms with E-state index in [2.05, 4.69) is 41.3 Å². The molecule has 2 aromatic rings. The van der Waals surface area contributed by atoms with Gasteiger partial charge in [-0.25, -0.2) is 4.98 Å². The Morgan fingerprint density at radius 3 is 2.43 bits per heavy atom. The first-order valence-electron chi connectivity index (χ1n) is 10.2. The highest BCUT2D eigenvalue weighted by atomic mass is 32.1. The third-order valence-electron chi connectivity index (χ3n) is 5.19. The van der Waals surface area contributed by atoms with Gasteiger partial charge in [0.05, 0.1) is 38.7 Å². The Morgan fingerprint density at radius 1 is 1.13 bits per heavy atom. The van der Waals surface area contributed by atoms with Gasteiger partial charge in [0.15, 0.2) is 0 Å². The summed E-state index contributed by atoms with van der Waals surface area (Å²) in [7, 11) is 3.18. The van der Waals surface area contributed by atoms with Gasteiger partial charge in [-0.15, -0.1) is 11.3 Å². The lowest BCUT2D eigenvalue weighted by Crippen LogP contribution is -2.48. The quantitative estimate of drug-likeness (QED) is 0.725. The second-order valence-corrected chi connectivity index (χ2v) is 9.49. The van der Waals surface area contributed by atoms with Gasteiger partial charge in [0, 0.05) is 43.0 Å². The molecule has 3 rings (SSSR count). The van der Waals surface area contributed by atoms with Crippen LogP contribution in [-0.2, 0) is 16.8 Å². The van der Waals surface area contributed by atoms with E-state index in [-0.39, 0.29) is 11.3 Å². The number of nitrogens with zero attached hydrogens (tertiary/aromatic N) is 3. The molecule has 1 aliphatic rings. The largest absolute Gasteiger partial charge is 0.497 e. The molecule has 0 aliphatic carbocycles. The molecular formula is C22H32N4O3S. The van der Waals surface area contributed by atoms with Crippen molar-refractivity contribution in [2.75, 3.05) is 52.3 Å². The van der Waals surface area contributed by atoms with Crippen LogP contribution in [0.2, 0.25) is 0 Å². The Kier molecular flexibility index (Phi) is 7.33. The Balaban J connectivity index is 1.46. The van der Waals surface area contributed by atoms with Gasteiger partial charge in [-0.2, -0.15) is 0 Å². The highest BCUT2D eigenvalue weighted by Crippen LogP contribution is 2.29. The summed E-state index contributed by atoms with van der Waals surface area (Å²) in [6.07, 6.45) is 0. The van der Waals surface area contributed by atoms with E-state index in [0.717, 1.165) is 43.4 Å². The van der Waals surface area contributed by atoms with Crippen LogP contribution in [0.1, 0.15) is 31.5 Å². The number of amides is 1. The maximum Gasteiger partial charge on any atom is 0.238 e. The van der Waals surface area contributed by atoms with Crippen LogP contribution in [-0.4, -0.2) is 67.6 Å². The van der Waals surface area contributed by atoms with Gasteiger partial charge in [-0.1, -0.05) is 20.8 Å². The zero-order chi connectivity index (χ0) is 21.7. The van der Waals surface area contributed by atoms with E-state index in [0.29, 0.717) is 23.7 Å². The Labute approximate surface area is 183 Å². The maximum atomic E-state index is 12.5. The number of anilines is 1. The number of ether oxygens (including phenoxy) is 2. The minimum atomic E-state index is -0.0401. The summed E-state index contributed by atoms with van der Waals surface area (Å²) in [5.41, 5.74) is 1.90. The average molecular weight is 433 g/mol. The summed E-state index contributed by atoms with van der Waals surface area (Å²) < 4.78 is 10.6. The van der Waals surface area contributed by atoms with E-state index in [1.165, 1.54) is 0 Å². The predicted molar refractivity (Wildman–Crippen MR) is 121 cm³/mol. The highest BCUT2D eigenvalue weighted by Gasteiger charge is 2.22. The van der Waals surface area contributed by atoms with Gasteiger partial charge >= 0.3 is 0 Å². The average Bonchev–Trinajstić information content (AvgIpc) is 3.19. The molecule has 2 heterocycles. The van der Waals surface area contributed by atoms with E-state index >= 15 is 0 Å². The van der Waals surface area contributed by atoms with Gasteiger partial charge in [-0.3, -0.25) is 14.6 Å². The summed E-state index contributed by atoms with van der Waals surface area (Å²) in [6, 6.07) is 5.37. The number of aromatic nitrogens is 1. The number of rotatable bonds is 7. The lowest BCUT2D eigenvalue weighted by Gasteiger charge is -2.33. The van der Waals surface area contributed by atoms with Crippen molar-refractivity contribution in [1.82, 2.24) is 14.8 Å². The molecule has 0 atom stereocenters. The van der Waals surface area contributed by atoms with Gasteiger partial charge < -0.3 is 14.8 Å². The molecule has 1 aliphatic heterocycles. The van der Waals surface area contributed by atoms with Crippen LogP contribution in [0.25, 0.3) is 0 Å². The number of carbonyl (C=O) groups excluding carboxylic acids is 1. The van der Waals surface area contributed by atoms with Crippen molar-refractivity contribution in [2.24, 2.45) is 0 Å². The predicted octanol–water partition coefficient (Wildman–Crippen LogP) is 3.21. The summed E-state index contributed by atoms with van der Waals surface area (Å²) in [6.45, 7) is 11.4. The highest BCUT2D eigenvalue weighted by molar-refractivity contribution is 7.09. The van der Waals surface area contributed by atoms with Crippen molar-refractivity contribution in [3.8, 4) is 11.5 Å². The molecule has 164 valence electrons. The molecule has 1 N–H and O–H groups in total. The van der Waals surface area contributed by atoms with Crippen molar-refractivity contribution in [1.29, 1.82) is 0 Å². The number of hydrogen-bond donors (Lipinski definition) is 1. The third-order valence-corrected chi connectivity index (χ3v) is 6.03. The molecular weight excluding hydrogens is 400 g/mol. The molecule has 0 saturated carbocycles. The van der Waals surface area contributed by atoms with E-state index in [1.54, 1.807) is 43.8 Å². The van der Waals surface area contributed by atoms with E-state index in [4.69, 9.17) is 14.5 Å². The number of benzene rings is 1. The van der Waals surface area contributed by atoms with Crippen molar-refractivity contribution < 1.29 is 14.3 Å². The lowest BCUT2D eigenvalue weighted by atomic mass is 9.93. The van der Waals surface area contributed by atoms with Gasteiger partial charge in [0.2, 0.25) is 5.91 Å². The van der Waals surface area contributed by atoms with Crippen LogP contribution in [0.4, 0.5) is 5.69 Å². The number of carbonyl (C=O) groups is 1. The van der Waals surface area contributed by atoms with Crippen molar-refractivity contribution in [3.63, 3.8) is 0 Å². The Bertz CT molecular complexity index is 854. The zero-order valence-corrected chi connectivity index (χ0v) is 19.3. The number of piperazine rings is 1. The molecule has 30 heavy (non-hydrogen) atoms. The molecule has 8 heteroatoms. The van der Waals surface area contributed by atoms with Crippen LogP contribution in [0.15, 0.2) is 23.6 Å². The van der Waals surface area contributed by atoms with Gasteiger partial charge in [-0.05, 0) is 12.1 Å². The molecule has 1 amide bonds. The Hall–Kier alpha value is -2.16. The second kappa shape index (κ2) is 9.76. The second-order valence-electron chi connectivity index (χ2n) is 8.54.